The van der Waals surface area contributed by atoms with Gasteiger partial charge in [-0.05, 0) is 49.1 Å². The van der Waals surface area contributed by atoms with E-state index in [4.69, 9.17) is 4.42 Å². The number of benzene rings is 1. The zero-order valence-electron chi connectivity index (χ0n) is 16.1. The average Bonchev–Trinajstić information content (AvgIpc) is 3.45. The molecule has 8 heteroatoms. The Bertz CT molecular complexity index is 1100. The van der Waals surface area contributed by atoms with Gasteiger partial charge in [-0.15, -0.1) is 21.5 Å². The van der Waals surface area contributed by atoms with Crippen LogP contribution in [-0.2, 0) is 11.3 Å². The molecule has 0 aliphatic heterocycles. The lowest BCUT2D eigenvalue weighted by atomic mass is 10.1. The Hall–Kier alpha value is -2.84. The highest BCUT2D eigenvalue weighted by atomic mass is 32.2. The van der Waals surface area contributed by atoms with Gasteiger partial charge in [0.05, 0.1) is 23.4 Å². The quantitative estimate of drug-likeness (QED) is 0.423. The molecular weight excluding hydrogens is 404 g/mol. The first-order valence-corrected chi connectivity index (χ1v) is 11.0. The molecule has 0 atom stereocenters. The summed E-state index contributed by atoms with van der Waals surface area (Å²) in [5.74, 6) is 1.75. The topological polar surface area (TPSA) is 73.0 Å². The second kappa shape index (κ2) is 8.67. The summed E-state index contributed by atoms with van der Waals surface area (Å²) in [6.45, 7) is 4.53. The smallest absolute Gasteiger partial charge is 0.234 e. The number of thioether (sulfide) groups is 1. The molecule has 6 nitrogen and oxygen atoms in total. The van der Waals surface area contributed by atoms with E-state index in [2.05, 4.69) is 21.6 Å². The Labute approximate surface area is 177 Å². The predicted molar refractivity (Wildman–Crippen MR) is 116 cm³/mol. The Balaban J connectivity index is 1.50. The number of aromatic nitrogens is 3. The van der Waals surface area contributed by atoms with Crippen molar-refractivity contribution >= 4 is 34.7 Å². The van der Waals surface area contributed by atoms with Crippen molar-refractivity contribution in [1.29, 1.82) is 0 Å². The monoisotopic (exact) mass is 424 g/mol. The van der Waals surface area contributed by atoms with E-state index >= 15 is 0 Å². The van der Waals surface area contributed by atoms with Gasteiger partial charge in [0.15, 0.2) is 11.0 Å². The van der Waals surface area contributed by atoms with Crippen molar-refractivity contribution in [2.24, 2.45) is 0 Å². The predicted octanol–water partition coefficient (Wildman–Crippen LogP) is 5.00. The van der Waals surface area contributed by atoms with Crippen LogP contribution in [0.2, 0.25) is 0 Å². The molecule has 1 N–H and O–H groups in total. The zero-order chi connectivity index (χ0) is 20.2. The van der Waals surface area contributed by atoms with Crippen LogP contribution >= 0.6 is 23.1 Å². The van der Waals surface area contributed by atoms with Crippen molar-refractivity contribution in [3.05, 3.63) is 71.0 Å². The molecule has 0 aliphatic rings. The van der Waals surface area contributed by atoms with Crippen LogP contribution in [0.3, 0.4) is 0 Å². The molecule has 3 heterocycles. The highest BCUT2D eigenvalue weighted by Crippen LogP contribution is 2.28. The van der Waals surface area contributed by atoms with Crippen LogP contribution in [-0.4, -0.2) is 26.4 Å². The van der Waals surface area contributed by atoms with Gasteiger partial charge < -0.3 is 9.73 Å². The first-order valence-electron chi connectivity index (χ1n) is 9.09. The molecule has 0 radical (unpaired) electrons. The number of aryl methyl sites for hydroxylation is 2. The lowest BCUT2D eigenvalue weighted by Gasteiger charge is -2.10. The van der Waals surface area contributed by atoms with E-state index in [-0.39, 0.29) is 11.7 Å². The largest absolute Gasteiger partial charge is 0.467 e. The van der Waals surface area contributed by atoms with Crippen LogP contribution in [0.4, 0.5) is 5.69 Å². The maximum atomic E-state index is 12.5. The number of amides is 1. The molecule has 0 bridgehead atoms. The summed E-state index contributed by atoms with van der Waals surface area (Å²) in [4.78, 5) is 13.5. The number of carbonyl (C=O) groups excluding carboxylic acids is 1. The number of nitrogens with zero attached hydrogens (tertiary/aromatic N) is 3. The third-order valence-electron chi connectivity index (χ3n) is 4.34. The van der Waals surface area contributed by atoms with Gasteiger partial charge in [-0.1, -0.05) is 35.5 Å². The summed E-state index contributed by atoms with van der Waals surface area (Å²) in [6, 6.07) is 13.7. The molecule has 29 heavy (non-hydrogen) atoms. The van der Waals surface area contributed by atoms with Gasteiger partial charge in [0.1, 0.15) is 5.76 Å². The molecule has 0 aliphatic carbocycles. The molecule has 0 fully saturated rings. The Morgan fingerprint density at radius 1 is 1.21 bits per heavy atom. The lowest BCUT2D eigenvalue weighted by molar-refractivity contribution is -0.113. The van der Waals surface area contributed by atoms with E-state index in [1.165, 1.54) is 17.3 Å². The number of hydrogen-bond acceptors (Lipinski definition) is 6. The fraction of sp³-hybridized carbons (Fsp3) is 0.190. The van der Waals surface area contributed by atoms with E-state index in [9.17, 15) is 4.79 Å². The van der Waals surface area contributed by atoms with Crippen molar-refractivity contribution < 1.29 is 9.21 Å². The van der Waals surface area contributed by atoms with E-state index < -0.39 is 0 Å². The fourth-order valence-corrected chi connectivity index (χ4v) is 4.41. The van der Waals surface area contributed by atoms with Gasteiger partial charge in [-0.25, -0.2) is 0 Å². The van der Waals surface area contributed by atoms with Gasteiger partial charge in [0.25, 0.3) is 0 Å². The first-order chi connectivity index (χ1) is 14.1. The molecule has 0 spiro atoms. The molecule has 4 aromatic rings. The highest BCUT2D eigenvalue weighted by molar-refractivity contribution is 7.99. The minimum absolute atomic E-state index is 0.0767. The number of hydrogen-bond donors (Lipinski definition) is 1. The van der Waals surface area contributed by atoms with Crippen LogP contribution in [0.25, 0.3) is 10.7 Å². The number of furan rings is 1. The zero-order valence-corrected chi connectivity index (χ0v) is 17.7. The number of rotatable bonds is 7. The lowest BCUT2D eigenvalue weighted by Crippen LogP contribution is -2.15. The van der Waals surface area contributed by atoms with E-state index in [1.54, 1.807) is 17.6 Å². The molecule has 1 amide bonds. The highest BCUT2D eigenvalue weighted by Gasteiger charge is 2.17. The number of anilines is 1. The SMILES string of the molecule is Cc1ccc(NC(=O)CSc2nnc(-c3cccs3)n2Cc2ccco2)c(C)c1. The molecule has 1 aromatic carbocycles. The normalized spacial score (nSPS) is 11.0. The van der Waals surface area contributed by atoms with Gasteiger partial charge >= 0.3 is 0 Å². The molecule has 4 rings (SSSR count). The maximum Gasteiger partial charge on any atom is 0.234 e. The second-order valence-corrected chi connectivity index (χ2v) is 8.49. The van der Waals surface area contributed by atoms with E-state index in [1.807, 2.05) is 60.2 Å². The van der Waals surface area contributed by atoms with Gasteiger partial charge in [0, 0.05) is 5.69 Å². The summed E-state index contributed by atoms with van der Waals surface area (Å²) in [5, 5.41) is 14.3. The van der Waals surface area contributed by atoms with Gasteiger partial charge in [-0.3, -0.25) is 9.36 Å². The Morgan fingerprint density at radius 3 is 2.83 bits per heavy atom. The van der Waals surface area contributed by atoms with Crippen LogP contribution < -0.4 is 5.32 Å². The van der Waals surface area contributed by atoms with Gasteiger partial charge in [0.2, 0.25) is 5.91 Å². The van der Waals surface area contributed by atoms with Crippen molar-refractivity contribution in [3.63, 3.8) is 0 Å². The standard InChI is InChI=1S/C21H20N4O2S2/c1-14-7-8-17(15(2)11-14)22-19(26)13-29-21-24-23-20(18-6-4-10-28-18)25(21)12-16-5-3-9-27-16/h3-11H,12-13H2,1-2H3,(H,22,26). The molecule has 148 valence electrons. The van der Waals surface area contributed by atoms with Crippen LogP contribution in [0.15, 0.2) is 63.7 Å². The molecule has 0 saturated heterocycles. The summed E-state index contributed by atoms with van der Waals surface area (Å²) >= 11 is 2.97. The number of nitrogens with one attached hydrogen (secondary N) is 1. The number of thiophene rings is 1. The average molecular weight is 425 g/mol. The summed E-state index contributed by atoms with van der Waals surface area (Å²) < 4.78 is 7.49. The van der Waals surface area contributed by atoms with Crippen molar-refractivity contribution in [1.82, 2.24) is 14.8 Å². The minimum atomic E-state index is -0.0767. The molecule has 0 saturated carbocycles. The maximum absolute atomic E-state index is 12.5. The van der Waals surface area contributed by atoms with E-state index in [0.717, 1.165) is 27.7 Å². The summed E-state index contributed by atoms with van der Waals surface area (Å²) in [5.41, 5.74) is 3.05. The van der Waals surface area contributed by atoms with Crippen molar-refractivity contribution in [2.45, 2.75) is 25.5 Å². The Kier molecular flexibility index (Phi) is 5.82. The summed E-state index contributed by atoms with van der Waals surface area (Å²) in [6.07, 6.45) is 1.65. The molecule has 0 unspecified atom stereocenters. The number of carbonyl (C=O) groups is 1. The first kappa shape index (κ1) is 19.5. The van der Waals surface area contributed by atoms with Crippen molar-refractivity contribution in [2.75, 3.05) is 11.1 Å². The third-order valence-corrected chi connectivity index (χ3v) is 6.17. The van der Waals surface area contributed by atoms with E-state index in [0.29, 0.717) is 11.7 Å². The minimum Gasteiger partial charge on any atom is -0.467 e. The van der Waals surface area contributed by atoms with Crippen LogP contribution in [0.5, 0.6) is 0 Å². The van der Waals surface area contributed by atoms with Crippen molar-refractivity contribution in [3.8, 4) is 10.7 Å². The summed E-state index contributed by atoms with van der Waals surface area (Å²) in [7, 11) is 0. The molecule has 3 aromatic heterocycles. The Morgan fingerprint density at radius 2 is 2.10 bits per heavy atom. The van der Waals surface area contributed by atoms with Crippen LogP contribution in [0, 0.1) is 13.8 Å². The van der Waals surface area contributed by atoms with Gasteiger partial charge in [-0.2, -0.15) is 0 Å². The second-order valence-electron chi connectivity index (χ2n) is 6.60. The van der Waals surface area contributed by atoms with Crippen LogP contribution in [0.1, 0.15) is 16.9 Å². The third kappa shape index (κ3) is 4.60. The fourth-order valence-electron chi connectivity index (χ4n) is 2.95. The molecular formula is C21H20N4O2S2.